The molecule has 3 aromatic rings. The number of nitro groups is 2. The standard InChI is InChI=1S/C15H9ClN4O6S/c1-26-11-3-2-10(16)13-12(11)17-15(27-13)18-14(21)7-4-8(19(22)23)6-9(5-7)20(24)25/h2-6H,1H3,(H,17,18,21). The van der Waals surface area contributed by atoms with Crippen LogP contribution in [0, 0.1) is 20.2 Å². The van der Waals surface area contributed by atoms with Gasteiger partial charge in [0.15, 0.2) is 5.13 Å². The van der Waals surface area contributed by atoms with E-state index in [-0.39, 0.29) is 10.7 Å². The Labute approximate surface area is 159 Å². The maximum Gasteiger partial charge on any atom is 0.277 e. The number of nitrogens with zero attached hydrogens (tertiary/aromatic N) is 3. The lowest BCUT2D eigenvalue weighted by molar-refractivity contribution is -0.394. The molecule has 0 saturated carbocycles. The number of amides is 1. The Balaban J connectivity index is 1.98. The Kier molecular flexibility index (Phi) is 4.88. The number of thiazole rings is 1. The number of hydrogen-bond donors (Lipinski definition) is 1. The van der Waals surface area contributed by atoms with Crippen molar-refractivity contribution in [2.75, 3.05) is 12.4 Å². The van der Waals surface area contributed by atoms with Gasteiger partial charge < -0.3 is 4.74 Å². The summed E-state index contributed by atoms with van der Waals surface area (Å²) in [7, 11) is 1.46. The van der Waals surface area contributed by atoms with Gasteiger partial charge in [0, 0.05) is 12.1 Å². The zero-order chi connectivity index (χ0) is 19.7. The lowest BCUT2D eigenvalue weighted by Crippen LogP contribution is -2.12. The minimum atomic E-state index is -0.813. The second-order valence-electron chi connectivity index (χ2n) is 5.15. The highest BCUT2D eigenvalue weighted by Crippen LogP contribution is 2.37. The highest BCUT2D eigenvalue weighted by atomic mass is 35.5. The molecule has 1 amide bonds. The van der Waals surface area contributed by atoms with Crippen molar-refractivity contribution in [1.82, 2.24) is 4.98 Å². The lowest BCUT2D eigenvalue weighted by Gasteiger charge is -2.02. The van der Waals surface area contributed by atoms with Crippen molar-refractivity contribution in [3.8, 4) is 5.75 Å². The summed E-state index contributed by atoms with van der Waals surface area (Å²) in [6, 6.07) is 5.92. The second-order valence-corrected chi connectivity index (χ2v) is 6.56. The Bertz CT molecular complexity index is 1070. The molecule has 1 aromatic heterocycles. The van der Waals surface area contributed by atoms with Gasteiger partial charge in [-0.15, -0.1) is 0 Å². The summed E-state index contributed by atoms with van der Waals surface area (Å²) in [5, 5.41) is 24.9. The molecule has 0 bridgehead atoms. The van der Waals surface area contributed by atoms with Crippen LogP contribution in [0.5, 0.6) is 5.75 Å². The third kappa shape index (κ3) is 3.64. The number of nitrogens with one attached hydrogen (secondary N) is 1. The summed E-state index contributed by atoms with van der Waals surface area (Å²) in [6.07, 6.45) is 0. The third-order valence-electron chi connectivity index (χ3n) is 3.49. The largest absolute Gasteiger partial charge is 0.494 e. The molecule has 3 rings (SSSR count). The van der Waals surface area contributed by atoms with Crippen LogP contribution in [0.25, 0.3) is 10.2 Å². The molecule has 0 saturated heterocycles. The van der Waals surface area contributed by atoms with Gasteiger partial charge in [0.1, 0.15) is 11.3 Å². The first-order chi connectivity index (χ1) is 12.8. The summed E-state index contributed by atoms with van der Waals surface area (Å²) < 4.78 is 5.77. The summed E-state index contributed by atoms with van der Waals surface area (Å²) >= 11 is 7.19. The highest BCUT2D eigenvalue weighted by Gasteiger charge is 2.21. The molecule has 10 nitrogen and oxygen atoms in total. The number of nitro benzene ring substituents is 2. The molecule has 1 N–H and O–H groups in total. The number of hydrogen-bond acceptors (Lipinski definition) is 8. The van der Waals surface area contributed by atoms with E-state index in [1.165, 1.54) is 7.11 Å². The van der Waals surface area contributed by atoms with Crippen LogP contribution in [0.2, 0.25) is 5.02 Å². The highest BCUT2D eigenvalue weighted by molar-refractivity contribution is 7.23. The van der Waals surface area contributed by atoms with Crippen molar-refractivity contribution < 1.29 is 19.4 Å². The van der Waals surface area contributed by atoms with Crippen molar-refractivity contribution in [1.29, 1.82) is 0 Å². The van der Waals surface area contributed by atoms with Crippen molar-refractivity contribution in [2.45, 2.75) is 0 Å². The summed E-state index contributed by atoms with van der Waals surface area (Å²) in [5.41, 5.74) is -0.935. The van der Waals surface area contributed by atoms with E-state index >= 15 is 0 Å². The molecule has 138 valence electrons. The molecule has 0 radical (unpaired) electrons. The monoisotopic (exact) mass is 408 g/mol. The maximum absolute atomic E-state index is 12.4. The van der Waals surface area contributed by atoms with Gasteiger partial charge in [-0.1, -0.05) is 22.9 Å². The lowest BCUT2D eigenvalue weighted by atomic mass is 10.1. The van der Waals surface area contributed by atoms with E-state index in [1.54, 1.807) is 12.1 Å². The van der Waals surface area contributed by atoms with E-state index in [9.17, 15) is 25.0 Å². The number of aromatic nitrogens is 1. The van der Waals surface area contributed by atoms with Crippen molar-refractivity contribution >= 4 is 55.6 Å². The number of halogens is 1. The first kappa shape index (κ1) is 18.5. The van der Waals surface area contributed by atoms with E-state index in [2.05, 4.69) is 10.3 Å². The van der Waals surface area contributed by atoms with Crippen LogP contribution >= 0.6 is 22.9 Å². The zero-order valence-corrected chi connectivity index (χ0v) is 15.0. The molecular formula is C15H9ClN4O6S. The summed E-state index contributed by atoms with van der Waals surface area (Å²) in [5.74, 6) is -0.326. The van der Waals surface area contributed by atoms with Gasteiger partial charge in [0.25, 0.3) is 17.3 Å². The Morgan fingerprint density at radius 2 is 1.81 bits per heavy atom. The van der Waals surface area contributed by atoms with Crippen molar-refractivity contribution in [3.63, 3.8) is 0 Å². The number of anilines is 1. The van der Waals surface area contributed by atoms with Gasteiger partial charge in [0.05, 0.1) is 38.3 Å². The molecule has 0 unspecified atom stereocenters. The van der Waals surface area contributed by atoms with Gasteiger partial charge in [-0.05, 0) is 12.1 Å². The minimum absolute atomic E-state index is 0.163. The van der Waals surface area contributed by atoms with Crippen LogP contribution in [0.3, 0.4) is 0 Å². The molecule has 0 spiro atoms. The molecular weight excluding hydrogens is 400 g/mol. The van der Waals surface area contributed by atoms with E-state index in [0.717, 1.165) is 29.5 Å². The average molecular weight is 409 g/mol. The third-order valence-corrected chi connectivity index (χ3v) is 4.92. The van der Waals surface area contributed by atoms with E-state index in [4.69, 9.17) is 16.3 Å². The maximum atomic E-state index is 12.4. The van der Waals surface area contributed by atoms with E-state index in [0.29, 0.717) is 21.0 Å². The first-order valence-electron chi connectivity index (χ1n) is 7.18. The number of ether oxygens (including phenoxy) is 1. The predicted octanol–water partition coefficient (Wildman–Crippen LogP) is 4.03. The van der Waals surface area contributed by atoms with Crippen molar-refractivity contribution in [3.05, 3.63) is 61.1 Å². The van der Waals surface area contributed by atoms with Crippen molar-refractivity contribution in [2.24, 2.45) is 0 Å². The van der Waals surface area contributed by atoms with E-state index < -0.39 is 27.1 Å². The number of benzene rings is 2. The number of carbonyl (C=O) groups excluding carboxylic acids is 1. The summed E-state index contributed by atoms with van der Waals surface area (Å²) in [6.45, 7) is 0. The molecule has 0 aliphatic rings. The average Bonchev–Trinajstić information content (AvgIpc) is 3.06. The minimum Gasteiger partial charge on any atom is -0.494 e. The Morgan fingerprint density at radius 1 is 1.19 bits per heavy atom. The fourth-order valence-corrected chi connectivity index (χ4v) is 3.43. The molecule has 27 heavy (non-hydrogen) atoms. The zero-order valence-electron chi connectivity index (χ0n) is 13.5. The predicted molar refractivity (Wildman–Crippen MR) is 98.9 cm³/mol. The van der Waals surface area contributed by atoms with Crippen LogP contribution < -0.4 is 10.1 Å². The van der Waals surface area contributed by atoms with Crippen LogP contribution in [0.1, 0.15) is 10.4 Å². The normalized spacial score (nSPS) is 10.6. The number of non-ortho nitro benzene ring substituents is 2. The van der Waals surface area contributed by atoms with Gasteiger partial charge in [-0.2, -0.15) is 0 Å². The van der Waals surface area contributed by atoms with Crippen LogP contribution in [0.15, 0.2) is 30.3 Å². The number of methoxy groups -OCH3 is 1. The quantitative estimate of drug-likeness (QED) is 0.496. The molecule has 0 aliphatic heterocycles. The second kappa shape index (κ2) is 7.13. The molecule has 0 atom stereocenters. The molecule has 0 fully saturated rings. The fourth-order valence-electron chi connectivity index (χ4n) is 2.28. The number of fused-ring (bicyclic) bond motifs is 1. The van der Waals surface area contributed by atoms with Crippen LogP contribution in [-0.2, 0) is 0 Å². The fraction of sp³-hybridized carbons (Fsp3) is 0.0667. The Morgan fingerprint density at radius 3 is 2.37 bits per heavy atom. The van der Waals surface area contributed by atoms with Gasteiger partial charge in [-0.25, -0.2) is 4.98 Å². The first-order valence-corrected chi connectivity index (χ1v) is 8.38. The van der Waals surface area contributed by atoms with Crippen LogP contribution in [0.4, 0.5) is 16.5 Å². The molecule has 12 heteroatoms. The van der Waals surface area contributed by atoms with Gasteiger partial charge in [0.2, 0.25) is 0 Å². The Hall–Kier alpha value is -3.31. The van der Waals surface area contributed by atoms with Gasteiger partial charge >= 0.3 is 0 Å². The van der Waals surface area contributed by atoms with E-state index in [1.807, 2.05) is 0 Å². The van der Waals surface area contributed by atoms with Crippen LogP contribution in [-0.4, -0.2) is 27.8 Å². The molecule has 2 aromatic carbocycles. The molecule has 1 heterocycles. The SMILES string of the molecule is COc1ccc(Cl)c2sc(NC(=O)c3cc([N+](=O)[O-])cc([N+](=O)[O-])c3)nc12. The summed E-state index contributed by atoms with van der Waals surface area (Å²) in [4.78, 5) is 36.9. The number of carbonyl (C=O) groups is 1. The topological polar surface area (TPSA) is 138 Å². The number of rotatable bonds is 5. The van der Waals surface area contributed by atoms with Gasteiger partial charge in [-0.3, -0.25) is 30.3 Å². The molecule has 0 aliphatic carbocycles. The smallest absolute Gasteiger partial charge is 0.277 e.